The number of halogens is 1. The van der Waals surface area contributed by atoms with E-state index in [9.17, 15) is 9.59 Å². The SMILES string of the molecule is COc1cccc(OC)c1C(=O)N(CC(=O)Nc1cc(C(C)(C)C)nn1-c1ccccc1Cl)C(C)C. The highest BCUT2D eigenvalue weighted by Crippen LogP contribution is 2.31. The highest BCUT2D eigenvalue weighted by atomic mass is 35.5. The summed E-state index contributed by atoms with van der Waals surface area (Å²) in [6.07, 6.45) is 0. The van der Waals surface area contributed by atoms with Crippen LogP contribution in [-0.2, 0) is 10.2 Å². The van der Waals surface area contributed by atoms with Crippen molar-refractivity contribution in [2.75, 3.05) is 26.1 Å². The maximum absolute atomic E-state index is 13.6. The van der Waals surface area contributed by atoms with Gasteiger partial charge >= 0.3 is 0 Å². The first kappa shape index (κ1) is 27.1. The van der Waals surface area contributed by atoms with Crippen molar-refractivity contribution in [1.82, 2.24) is 14.7 Å². The van der Waals surface area contributed by atoms with Crippen molar-refractivity contribution in [2.24, 2.45) is 0 Å². The van der Waals surface area contributed by atoms with Gasteiger partial charge in [-0.3, -0.25) is 9.59 Å². The van der Waals surface area contributed by atoms with Gasteiger partial charge in [0, 0.05) is 17.5 Å². The number of amides is 2. The van der Waals surface area contributed by atoms with E-state index in [1.807, 2.05) is 58.9 Å². The number of methoxy groups -OCH3 is 2. The zero-order chi connectivity index (χ0) is 26.6. The molecule has 0 bridgehead atoms. The van der Waals surface area contributed by atoms with Crippen LogP contribution in [0.4, 0.5) is 5.82 Å². The summed E-state index contributed by atoms with van der Waals surface area (Å²) < 4.78 is 12.4. The number of carbonyl (C=O) groups excluding carboxylic acids is 2. The molecule has 8 nitrogen and oxygen atoms in total. The Bertz CT molecular complexity index is 1220. The number of nitrogens with one attached hydrogen (secondary N) is 1. The molecule has 1 aromatic heterocycles. The van der Waals surface area contributed by atoms with Gasteiger partial charge in [-0.15, -0.1) is 0 Å². The van der Waals surface area contributed by atoms with Crippen molar-refractivity contribution in [3.63, 3.8) is 0 Å². The number of hydrogen-bond donors (Lipinski definition) is 1. The van der Waals surface area contributed by atoms with Gasteiger partial charge < -0.3 is 19.7 Å². The molecule has 0 aliphatic carbocycles. The fourth-order valence-corrected chi connectivity index (χ4v) is 3.89. The highest BCUT2D eigenvalue weighted by Gasteiger charge is 2.28. The molecule has 36 heavy (non-hydrogen) atoms. The minimum absolute atomic E-state index is 0.184. The highest BCUT2D eigenvalue weighted by molar-refractivity contribution is 6.32. The molecule has 0 spiro atoms. The summed E-state index contributed by atoms with van der Waals surface area (Å²) in [6, 6.07) is 13.9. The van der Waals surface area contributed by atoms with E-state index in [1.54, 1.807) is 28.9 Å². The van der Waals surface area contributed by atoms with Crippen molar-refractivity contribution in [2.45, 2.75) is 46.1 Å². The third-order valence-electron chi connectivity index (χ3n) is 5.67. The Balaban J connectivity index is 1.94. The van der Waals surface area contributed by atoms with Crippen LogP contribution in [0.2, 0.25) is 5.02 Å². The Hall–Kier alpha value is -3.52. The number of ether oxygens (including phenoxy) is 2. The van der Waals surface area contributed by atoms with Gasteiger partial charge in [-0.1, -0.05) is 50.6 Å². The number of rotatable bonds is 8. The topological polar surface area (TPSA) is 85.7 Å². The van der Waals surface area contributed by atoms with Gasteiger partial charge in [0.1, 0.15) is 29.4 Å². The molecule has 0 aliphatic rings. The molecule has 0 atom stereocenters. The number of nitrogens with zero attached hydrogens (tertiary/aromatic N) is 3. The average Bonchev–Trinajstić information content (AvgIpc) is 3.25. The second-order valence-electron chi connectivity index (χ2n) is 9.64. The second-order valence-corrected chi connectivity index (χ2v) is 10.0. The van der Waals surface area contributed by atoms with Crippen molar-refractivity contribution in [3.8, 4) is 17.2 Å². The van der Waals surface area contributed by atoms with E-state index in [0.29, 0.717) is 28.0 Å². The van der Waals surface area contributed by atoms with Crippen LogP contribution < -0.4 is 14.8 Å². The van der Waals surface area contributed by atoms with E-state index in [-0.39, 0.29) is 35.4 Å². The van der Waals surface area contributed by atoms with Crippen molar-refractivity contribution in [1.29, 1.82) is 0 Å². The predicted molar refractivity (Wildman–Crippen MR) is 142 cm³/mol. The lowest BCUT2D eigenvalue weighted by molar-refractivity contribution is -0.117. The van der Waals surface area contributed by atoms with Gasteiger partial charge in [-0.05, 0) is 38.1 Å². The fraction of sp³-hybridized carbons (Fsp3) is 0.370. The minimum Gasteiger partial charge on any atom is -0.496 e. The molecule has 0 radical (unpaired) electrons. The molecule has 2 aromatic carbocycles. The normalized spacial score (nSPS) is 11.4. The standard InChI is InChI=1S/C27H33ClN4O4/c1-17(2)31(26(34)25-20(35-6)13-10-14-21(25)36-7)16-24(33)29-23-15-22(27(3,4)5)30-32(23)19-12-9-8-11-18(19)28/h8-15,17H,16H2,1-7H3,(H,29,33). The number of benzene rings is 2. The lowest BCUT2D eigenvalue weighted by Gasteiger charge is -2.27. The summed E-state index contributed by atoms with van der Waals surface area (Å²) >= 11 is 6.43. The summed E-state index contributed by atoms with van der Waals surface area (Å²) in [4.78, 5) is 28.3. The third-order valence-corrected chi connectivity index (χ3v) is 5.99. The molecule has 0 fully saturated rings. The Kier molecular flexibility index (Phi) is 8.30. The minimum atomic E-state index is -0.375. The maximum Gasteiger partial charge on any atom is 0.262 e. The number of anilines is 1. The van der Waals surface area contributed by atoms with E-state index in [4.69, 9.17) is 26.2 Å². The van der Waals surface area contributed by atoms with Crippen molar-refractivity contribution >= 4 is 29.2 Å². The Morgan fingerprint density at radius 3 is 2.19 bits per heavy atom. The molecular formula is C27H33ClN4O4. The maximum atomic E-state index is 13.6. The van der Waals surface area contributed by atoms with E-state index in [2.05, 4.69) is 5.32 Å². The van der Waals surface area contributed by atoms with Crippen LogP contribution in [-0.4, -0.2) is 53.3 Å². The smallest absolute Gasteiger partial charge is 0.262 e. The molecule has 1 heterocycles. The first-order valence-corrected chi connectivity index (χ1v) is 12.0. The number of para-hydroxylation sites is 1. The van der Waals surface area contributed by atoms with Crippen LogP contribution in [0, 0.1) is 0 Å². The summed E-state index contributed by atoms with van der Waals surface area (Å²) in [5, 5.41) is 8.13. The van der Waals surface area contributed by atoms with Crippen LogP contribution in [0.15, 0.2) is 48.5 Å². The average molecular weight is 513 g/mol. The Labute approximate surface area is 217 Å². The number of hydrogen-bond acceptors (Lipinski definition) is 5. The van der Waals surface area contributed by atoms with E-state index in [0.717, 1.165) is 5.69 Å². The predicted octanol–water partition coefficient (Wildman–Crippen LogP) is 5.33. The first-order chi connectivity index (χ1) is 17.0. The molecule has 192 valence electrons. The van der Waals surface area contributed by atoms with Gasteiger partial charge in [0.2, 0.25) is 5.91 Å². The second kappa shape index (κ2) is 11.0. The summed E-state index contributed by atoms with van der Waals surface area (Å²) in [6.45, 7) is 9.63. The van der Waals surface area contributed by atoms with Crippen LogP contribution in [0.25, 0.3) is 5.69 Å². The third kappa shape index (κ3) is 5.82. The van der Waals surface area contributed by atoms with Crippen molar-refractivity contribution in [3.05, 3.63) is 64.8 Å². The van der Waals surface area contributed by atoms with Gasteiger partial charge in [0.05, 0.1) is 30.6 Å². The lowest BCUT2D eigenvalue weighted by Crippen LogP contribution is -2.42. The molecule has 2 amide bonds. The van der Waals surface area contributed by atoms with E-state index < -0.39 is 0 Å². The Morgan fingerprint density at radius 2 is 1.67 bits per heavy atom. The van der Waals surface area contributed by atoms with Gasteiger partial charge in [-0.2, -0.15) is 5.10 Å². The molecule has 3 rings (SSSR count). The summed E-state index contributed by atoms with van der Waals surface area (Å²) in [7, 11) is 2.97. The molecule has 0 unspecified atom stereocenters. The summed E-state index contributed by atoms with van der Waals surface area (Å²) in [5.41, 5.74) is 1.43. The van der Waals surface area contributed by atoms with Crippen LogP contribution in [0.5, 0.6) is 11.5 Å². The van der Waals surface area contributed by atoms with Crippen molar-refractivity contribution < 1.29 is 19.1 Å². The molecule has 1 N–H and O–H groups in total. The summed E-state index contributed by atoms with van der Waals surface area (Å²) in [5.74, 6) is 0.460. The molecular weight excluding hydrogens is 480 g/mol. The fourth-order valence-electron chi connectivity index (χ4n) is 3.68. The van der Waals surface area contributed by atoms with Gasteiger partial charge in [0.25, 0.3) is 5.91 Å². The molecule has 0 saturated carbocycles. The first-order valence-electron chi connectivity index (χ1n) is 11.6. The zero-order valence-corrected chi connectivity index (χ0v) is 22.5. The van der Waals surface area contributed by atoms with Gasteiger partial charge in [0.15, 0.2) is 0 Å². The quantitative estimate of drug-likeness (QED) is 0.441. The molecule has 0 saturated heterocycles. The van der Waals surface area contributed by atoms with Crippen LogP contribution >= 0.6 is 11.6 Å². The zero-order valence-electron chi connectivity index (χ0n) is 21.8. The van der Waals surface area contributed by atoms with Crippen LogP contribution in [0.3, 0.4) is 0 Å². The monoisotopic (exact) mass is 512 g/mol. The van der Waals surface area contributed by atoms with Crippen LogP contribution in [0.1, 0.15) is 50.7 Å². The molecule has 0 aliphatic heterocycles. The molecule has 3 aromatic rings. The largest absolute Gasteiger partial charge is 0.496 e. The number of aromatic nitrogens is 2. The van der Waals surface area contributed by atoms with Gasteiger partial charge in [-0.25, -0.2) is 4.68 Å². The molecule has 9 heteroatoms. The van der Waals surface area contributed by atoms with E-state index in [1.165, 1.54) is 19.1 Å². The van der Waals surface area contributed by atoms with E-state index >= 15 is 0 Å². The Morgan fingerprint density at radius 1 is 1.06 bits per heavy atom. The lowest BCUT2D eigenvalue weighted by atomic mass is 9.92. The number of carbonyl (C=O) groups is 2.